The number of thioether (sulfide) groups is 1. The molecule has 28 heavy (non-hydrogen) atoms. The summed E-state index contributed by atoms with van der Waals surface area (Å²) >= 11 is 0.986. The summed E-state index contributed by atoms with van der Waals surface area (Å²) in [5.74, 6) is -0.956. The highest BCUT2D eigenvalue weighted by molar-refractivity contribution is 7.99. The Hall–Kier alpha value is -3.05. The van der Waals surface area contributed by atoms with Crippen LogP contribution in [-0.4, -0.2) is 29.2 Å². The lowest BCUT2D eigenvalue weighted by atomic mass is 10.0. The molecule has 7 nitrogen and oxygen atoms in total. The van der Waals surface area contributed by atoms with Gasteiger partial charge in [-0.05, 0) is 30.0 Å². The number of aromatic amines is 1. The number of hydrogen-bond acceptors (Lipinski definition) is 6. The molecule has 0 saturated heterocycles. The SMILES string of the molecule is Cc1cc(=O)[nH]c(SCC(=O)OCC(=O)Nc2ccccc2C(C)C)c1C#N. The Morgan fingerprint density at radius 3 is 2.71 bits per heavy atom. The number of nitrogens with one attached hydrogen (secondary N) is 2. The van der Waals surface area contributed by atoms with Gasteiger partial charge >= 0.3 is 5.97 Å². The smallest absolute Gasteiger partial charge is 0.316 e. The second kappa shape index (κ2) is 9.76. The molecule has 2 N–H and O–H groups in total. The topological polar surface area (TPSA) is 112 Å². The van der Waals surface area contributed by atoms with Crippen molar-refractivity contribution in [3.05, 3.63) is 57.4 Å². The third-order valence-corrected chi connectivity index (χ3v) is 4.85. The van der Waals surface area contributed by atoms with Crippen molar-refractivity contribution in [2.45, 2.75) is 31.7 Å². The minimum atomic E-state index is -0.622. The average molecular weight is 399 g/mol. The minimum absolute atomic E-state index is 0.135. The number of aromatic nitrogens is 1. The molecule has 0 aliphatic heterocycles. The van der Waals surface area contributed by atoms with Gasteiger partial charge in [-0.25, -0.2) is 0 Å². The largest absolute Gasteiger partial charge is 0.455 e. The third-order valence-electron chi connectivity index (χ3n) is 3.87. The fourth-order valence-electron chi connectivity index (χ4n) is 2.52. The second-order valence-electron chi connectivity index (χ2n) is 6.37. The van der Waals surface area contributed by atoms with E-state index in [9.17, 15) is 19.6 Å². The number of aryl methyl sites for hydroxylation is 1. The molecule has 8 heteroatoms. The first-order chi connectivity index (χ1) is 13.3. The lowest BCUT2D eigenvalue weighted by Crippen LogP contribution is -2.22. The predicted octanol–water partition coefficient (Wildman–Crippen LogP) is 2.95. The first-order valence-electron chi connectivity index (χ1n) is 8.63. The van der Waals surface area contributed by atoms with Crippen molar-refractivity contribution in [3.8, 4) is 6.07 Å². The number of esters is 1. The van der Waals surface area contributed by atoms with Crippen LogP contribution in [0, 0.1) is 18.3 Å². The molecular weight excluding hydrogens is 378 g/mol. The van der Waals surface area contributed by atoms with Crippen LogP contribution in [0.25, 0.3) is 0 Å². The van der Waals surface area contributed by atoms with Crippen LogP contribution < -0.4 is 10.9 Å². The van der Waals surface area contributed by atoms with Crippen molar-refractivity contribution in [2.24, 2.45) is 0 Å². The molecule has 1 amide bonds. The summed E-state index contributed by atoms with van der Waals surface area (Å²) in [6.07, 6.45) is 0. The van der Waals surface area contributed by atoms with Gasteiger partial charge in [0.2, 0.25) is 5.56 Å². The Morgan fingerprint density at radius 1 is 1.32 bits per heavy atom. The molecule has 146 valence electrons. The number of rotatable bonds is 7. The summed E-state index contributed by atoms with van der Waals surface area (Å²) in [7, 11) is 0. The molecule has 0 saturated carbocycles. The number of H-pyrrole nitrogens is 1. The van der Waals surface area contributed by atoms with Crippen LogP contribution >= 0.6 is 11.8 Å². The van der Waals surface area contributed by atoms with Gasteiger partial charge in [0.1, 0.15) is 6.07 Å². The number of amides is 1. The highest BCUT2D eigenvalue weighted by Gasteiger charge is 2.14. The van der Waals surface area contributed by atoms with Gasteiger partial charge in [0.15, 0.2) is 6.61 Å². The standard InChI is InChI=1S/C20H21N3O4S/c1-12(2)14-6-4-5-7-16(14)22-18(25)10-27-19(26)11-28-20-15(9-21)13(3)8-17(24)23-20/h4-8,12H,10-11H2,1-3H3,(H,22,25)(H,23,24). The van der Waals surface area contributed by atoms with E-state index in [0.29, 0.717) is 21.8 Å². The van der Waals surface area contributed by atoms with Gasteiger partial charge in [0, 0.05) is 11.8 Å². The zero-order valence-electron chi connectivity index (χ0n) is 15.9. The quantitative estimate of drug-likeness (QED) is 0.547. The number of nitriles is 1. The van der Waals surface area contributed by atoms with Gasteiger partial charge in [0.05, 0.1) is 16.3 Å². The predicted molar refractivity (Wildman–Crippen MR) is 107 cm³/mol. The second-order valence-corrected chi connectivity index (χ2v) is 7.36. The number of nitrogens with zero attached hydrogens (tertiary/aromatic N) is 1. The van der Waals surface area contributed by atoms with E-state index in [1.54, 1.807) is 13.0 Å². The van der Waals surface area contributed by atoms with E-state index in [0.717, 1.165) is 17.3 Å². The summed E-state index contributed by atoms with van der Waals surface area (Å²) in [5.41, 5.74) is 2.16. The molecule has 0 fully saturated rings. The highest BCUT2D eigenvalue weighted by atomic mass is 32.2. The molecule has 1 aromatic heterocycles. The first-order valence-corrected chi connectivity index (χ1v) is 9.61. The Kier molecular flexibility index (Phi) is 7.41. The maximum atomic E-state index is 12.1. The Morgan fingerprint density at radius 2 is 2.04 bits per heavy atom. The van der Waals surface area contributed by atoms with E-state index in [1.807, 2.05) is 38.1 Å². The molecule has 0 radical (unpaired) electrons. The number of carbonyl (C=O) groups excluding carboxylic acids is 2. The number of hydrogen-bond donors (Lipinski definition) is 2. The summed E-state index contributed by atoms with van der Waals surface area (Å²) in [6, 6.07) is 10.8. The molecular formula is C20H21N3O4S. The minimum Gasteiger partial charge on any atom is -0.455 e. The van der Waals surface area contributed by atoms with Crippen molar-refractivity contribution in [2.75, 3.05) is 17.7 Å². The number of ether oxygens (including phenoxy) is 1. The van der Waals surface area contributed by atoms with Crippen LogP contribution in [0.2, 0.25) is 0 Å². The van der Waals surface area contributed by atoms with Gasteiger partial charge in [0.25, 0.3) is 5.91 Å². The van der Waals surface area contributed by atoms with Gasteiger partial charge in [-0.15, -0.1) is 0 Å². The molecule has 2 rings (SSSR count). The van der Waals surface area contributed by atoms with Gasteiger partial charge in [-0.3, -0.25) is 14.4 Å². The summed E-state index contributed by atoms with van der Waals surface area (Å²) < 4.78 is 4.99. The highest BCUT2D eigenvalue weighted by Crippen LogP contribution is 2.23. The zero-order chi connectivity index (χ0) is 20.7. The van der Waals surface area contributed by atoms with Crippen LogP contribution in [-0.2, 0) is 14.3 Å². The van der Waals surface area contributed by atoms with Crippen molar-refractivity contribution in [1.82, 2.24) is 4.98 Å². The van der Waals surface area contributed by atoms with Crippen molar-refractivity contribution in [3.63, 3.8) is 0 Å². The van der Waals surface area contributed by atoms with Gasteiger partial charge < -0.3 is 15.0 Å². The van der Waals surface area contributed by atoms with Gasteiger partial charge in [-0.1, -0.05) is 43.8 Å². The first kappa shape index (κ1) is 21.3. The molecule has 2 aromatic rings. The molecule has 0 unspecified atom stereocenters. The molecule has 0 spiro atoms. The van der Waals surface area contributed by atoms with Crippen LogP contribution in [0.4, 0.5) is 5.69 Å². The molecule has 1 heterocycles. The molecule has 0 aliphatic carbocycles. The van der Waals surface area contributed by atoms with Crippen molar-refractivity contribution >= 4 is 29.3 Å². The Bertz CT molecular complexity index is 976. The lowest BCUT2D eigenvalue weighted by molar-refractivity contribution is -0.144. The fourth-order valence-corrected chi connectivity index (χ4v) is 3.39. The number of carbonyl (C=O) groups is 2. The number of benzene rings is 1. The number of pyridine rings is 1. The van der Waals surface area contributed by atoms with E-state index in [1.165, 1.54) is 6.07 Å². The molecule has 0 bridgehead atoms. The van der Waals surface area contributed by atoms with Crippen molar-refractivity contribution < 1.29 is 14.3 Å². The van der Waals surface area contributed by atoms with Crippen LogP contribution in [0.3, 0.4) is 0 Å². The van der Waals surface area contributed by atoms with Crippen molar-refractivity contribution in [1.29, 1.82) is 5.26 Å². The fraction of sp³-hybridized carbons (Fsp3) is 0.300. The van der Waals surface area contributed by atoms with E-state index in [-0.39, 0.29) is 17.2 Å². The average Bonchev–Trinajstić information content (AvgIpc) is 2.64. The Balaban J connectivity index is 1.89. The van der Waals surface area contributed by atoms with Crippen LogP contribution in [0.5, 0.6) is 0 Å². The van der Waals surface area contributed by atoms with E-state index < -0.39 is 18.5 Å². The third kappa shape index (κ3) is 5.72. The number of para-hydroxylation sites is 1. The number of anilines is 1. The molecule has 0 aliphatic rings. The van der Waals surface area contributed by atoms with Gasteiger partial charge in [-0.2, -0.15) is 5.26 Å². The van der Waals surface area contributed by atoms with Crippen LogP contribution in [0.15, 0.2) is 40.2 Å². The zero-order valence-corrected chi connectivity index (χ0v) is 16.7. The monoisotopic (exact) mass is 399 g/mol. The molecule has 1 aromatic carbocycles. The van der Waals surface area contributed by atoms with E-state index in [2.05, 4.69) is 10.3 Å². The van der Waals surface area contributed by atoms with E-state index in [4.69, 9.17) is 4.74 Å². The molecule has 0 atom stereocenters. The maximum Gasteiger partial charge on any atom is 0.316 e. The summed E-state index contributed by atoms with van der Waals surface area (Å²) in [5, 5.41) is 12.2. The lowest BCUT2D eigenvalue weighted by Gasteiger charge is -2.13. The summed E-state index contributed by atoms with van der Waals surface area (Å²) in [6.45, 7) is 5.28. The summed E-state index contributed by atoms with van der Waals surface area (Å²) in [4.78, 5) is 38.1. The van der Waals surface area contributed by atoms with E-state index >= 15 is 0 Å². The van der Waals surface area contributed by atoms with Crippen LogP contribution in [0.1, 0.15) is 36.5 Å². The normalized spacial score (nSPS) is 10.4. The maximum absolute atomic E-state index is 12.1. The Labute approximate surface area is 167 Å².